The average Bonchev–Trinajstić information content (AvgIpc) is 3.86. The number of piperazine rings is 2. The number of hydrogen-bond acceptors (Lipinski definition) is 8. The fraction of sp³-hybridized carbons (Fsp3) is 0.408. The van der Waals surface area contributed by atoms with Gasteiger partial charge in [-0.1, -0.05) is 91.0 Å². The normalized spacial score (nSPS) is 17.2. The Bertz CT molecular complexity index is 2030. The van der Waals surface area contributed by atoms with Gasteiger partial charge in [0.25, 0.3) is 5.91 Å². The summed E-state index contributed by atoms with van der Waals surface area (Å²) >= 11 is 1.50. The highest BCUT2D eigenvalue weighted by molar-refractivity contribution is 7.12. The number of para-hydroxylation sites is 1. The van der Waals surface area contributed by atoms with Crippen LogP contribution in [0.3, 0.4) is 0 Å². The van der Waals surface area contributed by atoms with Gasteiger partial charge in [0.2, 0.25) is 0 Å². The van der Waals surface area contributed by atoms with Crippen LogP contribution in [0.1, 0.15) is 54.4 Å². The Morgan fingerprint density at radius 2 is 1.27 bits per heavy atom. The van der Waals surface area contributed by atoms with Gasteiger partial charge in [-0.2, -0.15) is 0 Å². The lowest BCUT2D eigenvalue weighted by molar-refractivity contribution is 0.0533. The first-order valence-corrected chi connectivity index (χ1v) is 22.5. The van der Waals surface area contributed by atoms with Crippen LogP contribution in [0.2, 0.25) is 0 Å². The van der Waals surface area contributed by atoms with Crippen molar-refractivity contribution in [1.82, 2.24) is 29.9 Å². The minimum atomic E-state index is -0.111. The van der Waals surface area contributed by atoms with Gasteiger partial charge < -0.3 is 5.32 Å². The third-order valence-corrected chi connectivity index (χ3v) is 13.0. The van der Waals surface area contributed by atoms with Crippen molar-refractivity contribution in [2.24, 2.45) is 0 Å². The molecule has 3 fully saturated rings. The van der Waals surface area contributed by atoms with E-state index in [1.54, 1.807) is 6.20 Å². The quantitative estimate of drug-likeness (QED) is 0.122. The zero-order valence-corrected chi connectivity index (χ0v) is 36.5. The molecule has 2 aromatic heterocycles. The molecule has 11 heteroatoms. The summed E-state index contributed by atoms with van der Waals surface area (Å²) in [4.78, 5) is 45.3. The Hall–Kier alpha value is -4.91. The fourth-order valence-electron chi connectivity index (χ4n) is 8.51. The van der Waals surface area contributed by atoms with E-state index in [1.807, 2.05) is 82.8 Å². The van der Waals surface area contributed by atoms with Crippen LogP contribution in [-0.2, 0) is 13.1 Å². The lowest BCUT2D eigenvalue weighted by atomic mass is 10.00. The van der Waals surface area contributed by atoms with Gasteiger partial charge in [0.15, 0.2) is 0 Å². The van der Waals surface area contributed by atoms with Gasteiger partial charge in [-0.25, -0.2) is 9.78 Å². The van der Waals surface area contributed by atoms with Gasteiger partial charge in [-0.3, -0.25) is 34.2 Å². The highest BCUT2D eigenvalue weighted by atomic mass is 32.1. The van der Waals surface area contributed by atoms with Crippen LogP contribution in [0.15, 0.2) is 133 Å². The number of benzene rings is 3. The summed E-state index contributed by atoms with van der Waals surface area (Å²) < 4.78 is 0. The Labute approximate surface area is 361 Å². The molecule has 3 aromatic carbocycles. The molecule has 3 aliphatic rings. The molecule has 2 saturated heterocycles. The van der Waals surface area contributed by atoms with Crippen LogP contribution in [0.25, 0.3) is 0 Å². The first-order valence-electron chi connectivity index (χ1n) is 21.6. The highest BCUT2D eigenvalue weighted by Gasteiger charge is 2.50. The number of nitrogens with zero attached hydrogens (tertiary/aromatic N) is 7. The molecule has 3 amide bonds. The third-order valence-electron chi connectivity index (χ3n) is 12.1. The number of amides is 3. The molecule has 2 aliphatic heterocycles. The first kappa shape index (κ1) is 43.2. The van der Waals surface area contributed by atoms with Crippen LogP contribution < -0.4 is 15.1 Å². The minimum absolute atomic E-state index is 0.0329. The maximum atomic E-state index is 13.3. The molecule has 0 unspecified atom stereocenters. The maximum absolute atomic E-state index is 13.3. The van der Waals surface area contributed by atoms with E-state index in [-0.39, 0.29) is 23.0 Å². The van der Waals surface area contributed by atoms with Gasteiger partial charge >= 0.3 is 6.03 Å². The number of aromatic nitrogens is 1. The number of carbonyl (C=O) groups is 2. The van der Waals surface area contributed by atoms with Gasteiger partial charge in [0.05, 0.1) is 4.88 Å². The fourth-order valence-corrected chi connectivity index (χ4v) is 9.19. The number of carbonyl (C=O) groups excluding carboxylic acids is 2. The highest BCUT2D eigenvalue weighted by Crippen LogP contribution is 2.44. The standard InChI is InChI=1S/C25H28N4OS.C24H34N4O/c30-24(22-9-6-18-31-22)29(23-10-4-5-13-26-23)20-25(11-12-25)28-16-14-27(15-17-28)19-21-7-2-1-3-8-21;1-4-25-23(29)28(22-13-9-6-10-14-22)20-24(2,3)27-17-15-26(16-18-27)19-21-11-7-5-8-12-21/h1-10,13,18H,11-12,14-17,19-20H2;5-14H,4,15-20H2,1-3H3,(H,25,29). The monoisotopic (exact) mass is 826 g/mol. The van der Waals surface area contributed by atoms with E-state index < -0.39 is 0 Å². The van der Waals surface area contributed by atoms with Crippen molar-refractivity contribution >= 4 is 34.8 Å². The number of urea groups is 1. The Kier molecular flexibility index (Phi) is 14.8. The van der Waals surface area contributed by atoms with Gasteiger partial charge in [0, 0.05) is 108 Å². The summed E-state index contributed by atoms with van der Waals surface area (Å²) in [5, 5.41) is 4.93. The lowest BCUT2D eigenvalue weighted by Gasteiger charge is -2.46. The molecule has 5 aromatic rings. The van der Waals surface area contributed by atoms with Crippen molar-refractivity contribution in [3.8, 4) is 0 Å². The lowest BCUT2D eigenvalue weighted by Crippen LogP contribution is -2.59. The molecule has 0 atom stereocenters. The van der Waals surface area contributed by atoms with Gasteiger partial charge in [-0.15, -0.1) is 11.3 Å². The summed E-state index contributed by atoms with van der Waals surface area (Å²) in [7, 11) is 0. The van der Waals surface area contributed by atoms with E-state index in [0.29, 0.717) is 19.6 Å². The van der Waals surface area contributed by atoms with Crippen LogP contribution in [-0.4, -0.2) is 120 Å². The molecule has 1 saturated carbocycles. The molecule has 1 N–H and O–H groups in total. The zero-order valence-electron chi connectivity index (χ0n) is 35.7. The summed E-state index contributed by atoms with van der Waals surface area (Å²) in [6, 6.07) is 40.9. The SMILES string of the molecule is CCNC(=O)N(CC(C)(C)N1CCN(Cc2ccccc2)CC1)c1ccccc1.O=C(c1cccs1)N(CC1(N2CCN(Cc3ccccc3)CC2)CC1)c1ccccn1. The smallest absolute Gasteiger partial charge is 0.321 e. The number of nitrogens with one attached hydrogen (secondary N) is 1. The van der Waals surface area contributed by atoms with Crippen molar-refractivity contribution in [3.05, 3.63) is 149 Å². The van der Waals surface area contributed by atoms with E-state index in [4.69, 9.17) is 0 Å². The van der Waals surface area contributed by atoms with E-state index in [1.165, 1.54) is 22.5 Å². The number of thiophene rings is 1. The Balaban J connectivity index is 0.000000182. The van der Waals surface area contributed by atoms with Crippen LogP contribution in [0, 0.1) is 0 Å². The van der Waals surface area contributed by atoms with E-state index >= 15 is 0 Å². The summed E-state index contributed by atoms with van der Waals surface area (Å²) in [6.07, 6.45) is 4.06. The second-order valence-corrected chi connectivity index (χ2v) is 17.8. The Morgan fingerprint density at radius 1 is 0.700 bits per heavy atom. The number of hydrogen-bond donors (Lipinski definition) is 1. The second kappa shape index (κ2) is 20.6. The van der Waals surface area contributed by atoms with Crippen LogP contribution in [0.4, 0.5) is 16.3 Å². The largest absolute Gasteiger partial charge is 0.338 e. The second-order valence-electron chi connectivity index (χ2n) is 16.8. The number of rotatable bonds is 14. The predicted molar refractivity (Wildman–Crippen MR) is 246 cm³/mol. The van der Waals surface area contributed by atoms with E-state index in [9.17, 15) is 9.59 Å². The average molecular weight is 827 g/mol. The van der Waals surface area contributed by atoms with Crippen molar-refractivity contribution in [3.63, 3.8) is 0 Å². The third kappa shape index (κ3) is 11.5. The Morgan fingerprint density at radius 3 is 1.78 bits per heavy atom. The molecule has 10 nitrogen and oxygen atoms in total. The maximum Gasteiger partial charge on any atom is 0.321 e. The van der Waals surface area contributed by atoms with Crippen molar-refractivity contribution in [2.75, 3.05) is 81.8 Å². The summed E-state index contributed by atoms with van der Waals surface area (Å²) in [5.74, 6) is 0.803. The molecular weight excluding hydrogens is 765 g/mol. The molecule has 0 bridgehead atoms. The summed E-state index contributed by atoms with van der Waals surface area (Å²) in [5.41, 5.74) is 3.66. The zero-order chi connectivity index (χ0) is 41.8. The number of anilines is 2. The molecule has 60 heavy (non-hydrogen) atoms. The predicted octanol–water partition coefficient (Wildman–Crippen LogP) is 7.96. The van der Waals surface area contributed by atoms with Crippen LogP contribution >= 0.6 is 11.3 Å². The first-order chi connectivity index (χ1) is 29.2. The van der Waals surface area contributed by atoms with Crippen molar-refractivity contribution < 1.29 is 9.59 Å². The van der Waals surface area contributed by atoms with Crippen molar-refractivity contribution in [2.45, 2.75) is 57.8 Å². The summed E-state index contributed by atoms with van der Waals surface area (Å²) in [6.45, 7) is 18.8. The topological polar surface area (TPSA) is 78.5 Å². The van der Waals surface area contributed by atoms with E-state index in [2.05, 4.69) is 104 Å². The molecule has 0 radical (unpaired) electrons. The molecule has 4 heterocycles. The van der Waals surface area contributed by atoms with Gasteiger partial charge in [-0.05, 0) is 80.5 Å². The molecule has 8 rings (SSSR count). The molecule has 0 spiro atoms. The number of pyridine rings is 1. The van der Waals surface area contributed by atoms with E-state index in [0.717, 1.165) is 94.7 Å². The van der Waals surface area contributed by atoms with Gasteiger partial charge in [0.1, 0.15) is 5.82 Å². The minimum Gasteiger partial charge on any atom is -0.338 e. The van der Waals surface area contributed by atoms with Crippen LogP contribution in [0.5, 0.6) is 0 Å². The molecule has 1 aliphatic carbocycles. The molecular formula is C49H62N8O2S. The molecule has 316 valence electrons. The van der Waals surface area contributed by atoms with Crippen molar-refractivity contribution in [1.29, 1.82) is 0 Å².